The molecule has 2 rings (SSSR count). The third-order valence-corrected chi connectivity index (χ3v) is 3.39. The van der Waals surface area contributed by atoms with Gasteiger partial charge in [0, 0.05) is 18.3 Å². The number of methoxy groups -OCH3 is 1. The van der Waals surface area contributed by atoms with Gasteiger partial charge < -0.3 is 15.0 Å². The molecule has 0 radical (unpaired) electrons. The lowest BCUT2D eigenvalue weighted by atomic mass is 10.1. The molecule has 2 atom stereocenters. The quantitative estimate of drug-likeness (QED) is 0.792. The van der Waals surface area contributed by atoms with Crippen LogP contribution >= 0.6 is 0 Å². The van der Waals surface area contributed by atoms with E-state index in [-0.39, 0.29) is 17.9 Å². The molecule has 0 aliphatic heterocycles. The van der Waals surface area contributed by atoms with E-state index in [4.69, 9.17) is 5.26 Å². The van der Waals surface area contributed by atoms with Crippen molar-refractivity contribution in [2.45, 2.75) is 31.8 Å². The maximum atomic E-state index is 11.3. The topological polar surface area (TPSA) is 77.9 Å². The fourth-order valence-electron chi connectivity index (χ4n) is 2.37. The highest BCUT2D eigenvalue weighted by Crippen LogP contribution is 2.25. The molecule has 5 nitrogen and oxygen atoms in total. The molecule has 1 aliphatic rings. The summed E-state index contributed by atoms with van der Waals surface area (Å²) in [5.41, 5.74) is 1.39. The Morgan fingerprint density at radius 2 is 2.44 bits per heavy atom. The van der Waals surface area contributed by atoms with Crippen molar-refractivity contribution >= 4 is 5.97 Å². The van der Waals surface area contributed by atoms with Gasteiger partial charge in [-0.15, -0.1) is 0 Å². The second-order valence-electron chi connectivity index (χ2n) is 4.54. The van der Waals surface area contributed by atoms with Crippen LogP contribution in [0.25, 0.3) is 0 Å². The summed E-state index contributed by atoms with van der Waals surface area (Å²) in [4.78, 5) is 14.3. The number of H-pyrrole nitrogens is 1. The van der Waals surface area contributed by atoms with Crippen molar-refractivity contribution in [2.24, 2.45) is 5.92 Å². The van der Waals surface area contributed by atoms with Gasteiger partial charge in [0.25, 0.3) is 0 Å². The van der Waals surface area contributed by atoms with Gasteiger partial charge in [0.1, 0.15) is 5.69 Å². The number of aromatic nitrogens is 1. The number of nitrogens with one attached hydrogen (secondary N) is 2. The van der Waals surface area contributed by atoms with E-state index in [0.29, 0.717) is 12.2 Å². The van der Waals surface area contributed by atoms with Crippen LogP contribution in [0.2, 0.25) is 0 Å². The van der Waals surface area contributed by atoms with Crippen molar-refractivity contribution in [3.05, 3.63) is 23.5 Å². The average Bonchev–Trinajstić information content (AvgIpc) is 3.03. The molecule has 18 heavy (non-hydrogen) atoms. The molecule has 1 saturated carbocycles. The molecular weight excluding hydrogens is 230 g/mol. The molecule has 0 saturated heterocycles. The Balaban J connectivity index is 1.89. The second-order valence-corrected chi connectivity index (χ2v) is 4.54. The van der Waals surface area contributed by atoms with E-state index >= 15 is 0 Å². The molecule has 0 aromatic carbocycles. The molecule has 0 spiro atoms. The second kappa shape index (κ2) is 5.69. The largest absolute Gasteiger partial charge is 0.464 e. The zero-order chi connectivity index (χ0) is 13.0. The summed E-state index contributed by atoms with van der Waals surface area (Å²) in [6, 6.07) is 6.16. The third kappa shape index (κ3) is 2.71. The van der Waals surface area contributed by atoms with Crippen LogP contribution < -0.4 is 5.32 Å². The lowest BCUT2D eigenvalue weighted by molar-refractivity contribution is 0.0594. The standard InChI is InChI=1S/C13H17N3O2/c1-18-13(17)12-6-5-10(16-12)8-15-11-4-2-3-9(11)7-14/h5-6,9,11,15-16H,2-4,8H2,1H3. The van der Waals surface area contributed by atoms with E-state index in [2.05, 4.69) is 21.1 Å². The summed E-state index contributed by atoms with van der Waals surface area (Å²) in [7, 11) is 1.36. The van der Waals surface area contributed by atoms with Crippen molar-refractivity contribution in [1.29, 1.82) is 5.26 Å². The Bertz CT molecular complexity index is 461. The van der Waals surface area contributed by atoms with E-state index < -0.39 is 0 Å². The van der Waals surface area contributed by atoms with Crippen molar-refractivity contribution in [2.75, 3.05) is 7.11 Å². The van der Waals surface area contributed by atoms with Crippen LogP contribution in [0.1, 0.15) is 35.4 Å². The minimum atomic E-state index is -0.364. The number of carbonyl (C=O) groups is 1. The summed E-state index contributed by atoms with van der Waals surface area (Å²) in [6.45, 7) is 0.639. The Kier molecular flexibility index (Phi) is 4.00. The summed E-state index contributed by atoms with van der Waals surface area (Å²) in [5, 5.41) is 12.3. The first-order chi connectivity index (χ1) is 8.74. The van der Waals surface area contributed by atoms with E-state index in [1.807, 2.05) is 6.07 Å². The van der Waals surface area contributed by atoms with Crippen LogP contribution in [0, 0.1) is 17.2 Å². The Labute approximate surface area is 106 Å². The van der Waals surface area contributed by atoms with Gasteiger partial charge in [0.05, 0.1) is 19.1 Å². The molecule has 2 unspecified atom stereocenters. The zero-order valence-corrected chi connectivity index (χ0v) is 10.4. The smallest absolute Gasteiger partial charge is 0.354 e. The minimum absolute atomic E-state index is 0.111. The molecular formula is C13H17N3O2. The van der Waals surface area contributed by atoms with Gasteiger partial charge in [-0.05, 0) is 25.0 Å². The molecule has 2 N–H and O–H groups in total. The number of aromatic amines is 1. The summed E-state index contributed by atoms with van der Waals surface area (Å²) in [5.74, 6) is -0.253. The third-order valence-electron chi connectivity index (χ3n) is 3.39. The maximum Gasteiger partial charge on any atom is 0.354 e. The number of esters is 1. The number of rotatable bonds is 4. The van der Waals surface area contributed by atoms with Gasteiger partial charge in [-0.2, -0.15) is 5.26 Å². The Morgan fingerprint density at radius 1 is 1.61 bits per heavy atom. The highest BCUT2D eigenvalue weighted by atomic mass is 16.5. The van der Waals surface area contributed by atoms with Crippen LogP contribution in [-0.4, -0.2) is 24.1 Å². The van der Waals surface area contributed by atoms with Gasteiger partial charge in [0.2, 0.25) is 0 Å². The number of nitrogens with zero attached hydrogens (tertiary/aromatic N) is 1. The van der Waals surface area contributed by atoms with E-state index in [0.717, 1.165) is 25.0 Å². The fourth-order valence-corrected chi connectivity index (χ4v) is 2.37. The molecule has 1 aromatic heterocycles. The van der Waals surface area contributed by atoms with Crippen molar-refractivity contribution in [1.82, 2.24) is 10.3 Å². The van der Waals surface area contributed by atoms with Crippen molar-refractivity contribution in [3.8, 4) is 6.07 Å². The number of carbonyl (C=O) groups excluding carboxylic acids is 1. The van der Waals surface area contributed by atoms with Gasteiger partial charge in [-0.1, -0.05) is 6.42 Å². The summed E-state index contributed by atoms with van der Waals surface area (Å²) >= 11 is 0. The van der Waals surface area contributed by atoms with Gasteiger partial charge in [-0.25, -0.2) is 4.79 Å². The number of nitriles is 1. The van der Waals surface area contributed by atoms with Crippen molar-refractivity contribution in [3.63, 3.8) is 0 Å². The molecule has 5 heteroatoms. The highest BCUT2D eigenvalue weighted by Gasteiger charge is 2.26. The van der Waals surface area contributed by atoms with Gasteiger partial charge in [0.15, 0.2) is 0 Å². The lowest BCUT2D eigenvalue weighted by Gasteiger charge is -2.14. The molecule has 1 aromatic rings. The van der Waals surface area contributed by atoms with Crippen LogP contribution in [0.15, 0.2) is 12.1 Å². The zero-order valence-electron chi connectivity index (χ0n) is 10.4. The van der Waals surface area contributed by atoms with Gasteiger partial charge >= 0.3 is 5.97 Å². The number of hydrogen-bond acceptors (Lipinski definition) is 4. The minimum Gasteiger partial charge on any atom is -0.464 e. The number of ether oxygens (including phenoxy) is 1. The van der Waals surface area contributed by atoms with Crippen LogP contribution in [-0.2, 0) is 11.3 Å². The molecule has 1 fully saturated rings. The summed E-state index contributed by atoms with van der Waals surface area (Å²) < 4.78 is 4.63. The lowest BCUT2D eigenvalue weighted by Crippen LogP contribution is -2.31. The van der Waals surface area contributed by atoms with E-state index in [1.54, 1.807) is 6.07 Å². The predicted octanol–water partition coefficient (Wildman–Crippen LogP) is 1.58. The van der Waals surface area contributed by atoms with E-state index in [1.165, 1.54) is 7.11 Å². The SMILES string of the molecule is COC(=O)c1ccc(CNC2CCCC2C#N)[nH]1. The highest BCUT2D eigenvalue weighted by molar-refractivity contribution is 5.87. The fraction of sp³-hybridized carbons (Fsp3) is 0.538. The van der Waals surface area contributed by atoms with Crippen LogP contribution in [0.5, 0.6) is 0 Å². The van der Waals surface area contributed by atoms with Crippen molar-refractivity contribution < 1.29 is 9.53 Å². The first-order valence-electron chi connectivity index (χ1n) is 6.14. The summed E-state index contributed by atoms with van der Waals surface area (Å²) in [6.07, 6.45) is 3.13. The maximum absolute atomic E-state index is 11.3. The Hall–Kier alpha value is -1.80. The average molecular weight is 247 g/mol. The normalized spacial score (nSPS) is 22.7. The molecule has 96 valence electrons. The van der Waals surface area contributed by atoms with Crippen LogP contribution in [0.4, 0.5) is 0 Å². The first kappa shape index (κ1) is 12.7. The number of hydrogen-bond donors (Lipinski definition) is 2. The molecule has 0 amide bonds. The predicted molar refractivity (Wildman–Crippen MR) is 65.7 cm³/mol. The monoisotopic (exact) mass is 247 g/mol. The van der Waals surface area contributed by atoms with Gasteiger partial charge in [-0.3, -0.25) is 0 Å². The van der Waals surface area contributed by atoms with Crippen LogP contribution in [0.3, 0.4) is 0 Å². The first-order valence-corrected chi connectivity index (χ1v) is 6.14. The van der Waals surface area contributed by atoms with E-state index in [9.17, 15) is 4.79 Å². The molecule has 0 bridgehead atoms. The Morgan fingerprint density at radius 3 is 3.17 bits per heavy atom. The molecule has 1 aliphatic carbocycles. The molecule has 1 heterocycles.